The van der Waals surface area contributed by atoms with Crippen LogP contribution in [0.4, 0.5) is 0 Å². The Morgan fingerprint density at radius 3 is 2.65 bits per heavy atom. The van der Waals surface area contributed by atoms with Crippen LogP contribution in [-0.4, -0.2) is 18.2 Å². The van der Waals surface area contributed by atoms with E-state index in [0.29, 0.717) is 23.8 Å². The molecule has 0 radical (unpaired) electrons. The highest BCUT2D eigenvalue weighted by molar-refractivity contribution is 6.04. The van der Waals surface area contributed by atoms with Gasteiger partial charge in [0.05, 0.1) is 5.71 Å². The third-order valence-electron chi connectivity index (χ3n) is 4.79. The highest BCUT2D eigenvalue weighted by Crippen LogP contribution is 2.58. The number of carbonyl (C=O) groups excluding carboxylic acids is 1. The van der Waals surface area contributed by atoms with Crippen LogP contribution < -0.4 is 11.2 Å². The Morgan fingerprint density at radius 2 is 2.05 bits per heavy atom. The summed E-state index contributed by atoms with van der Waals surface area (Å²) in [5.74, 6) is 0.441. The first-order valence-electron chi connectivity index (χ1n) is 7.22. The minimum atomic E-state index is 0.392. The number of amides is 1. The van der Waals surface area contributed by atoms with Gasteiger partial charge in [-0.2, -0.15) is 5.10 Å². The molecule has 0 unspecified atom stereocenters. The Bertz CT molecular complexity index is 538. The Labute approximate surface area is 119 Å². The molecule has 0 saturated heterocycles. The molecule has 2 aliphatic carbocycles. The zero-order valence-electron chi connectivity index (χ0n) is 11.8. The van der Waals surface area contributed by atoms with Gasteiger partial charge in [0.15, 0.2) is 0 Å². The average Bonchev–Trinajstić information content (AvgIpc) is 2.36. The number of hydrogen-bond acceptors (Lipinski definition) is 3. The molecular weight excluding hydrogens is 250 g/mol. The van der Waals surface area contributed by atoms with Crippen LogP contribution in [0.3, 0.4) is 0 Å². The van der Waals surface area contributed by atoms with E-state index >= 15 is 0 Å². The van der Waals surface area contributed by atoms with Gasteiger partial charge in [-0.05, 0) is 43.6 Å². The number of nitrogens with one attached hydrogen (secondary N) is 1. The second kappa shape index (κ2) is 5.02. The Kier molecular flexibility index (Phi) is 3.34. The number of hydrazone groups is 1. The molecule has 2 fully saturated rings. The van der Waals surface area contributed by atoms with Crippen molar-refractivity contribution in [3.05, 3.63) is 35.4 Å². The zero-order chi connectivity index (χ0) is 14.2. The van der Waals surface area contributed by atoms with Crippen LogP contribution in [0.15, 0.2) is 29.4 Å². The lowest BCUT2D eigenvalue weighted by Gasteiger charge is -2.57. The predicted molar refractivity (Wildman–Crippen MR) is 79.3 cm³/mol. The molecule has 0 atom stereocenters. The largest absolute Gasteiger partial charge is 0.328 e. The summed E-state index contributed by atoms with van der Waals surface area (Å²) in [6, 6.07) is 8.60. The van der Waals surface area contributed by atoms with Crippen molar-refractivity contribution in [2.75, 3.05) is 0 Å². The molecule has 3 rings (SSSR count). The molecule has 2 saturated carbocycles. The molecular formula is C16H21N3O. The predicted octanol–water partition coefficient (Wildman–Crippen LogP) is 1.96. The van der Waals surface area contributed by atoms with Crippen molar-refractivity contribution in [2.45, 2.75) is 38.6 Å². The lowest BCUT2D eigenvalue weighted by molar-refractivity contribution is -0.109. The lowest BCUT2D eigenvalue weighted by atomic mass is 9.49. The van der Waals surface area contributed by atoms with Crippen molar-refractivity contribution in [1.29, 1.82) is 0 Å². The maximum atomic E-state index is 10.6. The monoisotopic (exact) mass is 271 g/mol. The molecule has 106 valence electrons. The van der Waals surface area contributed by atoms with Gasteiger partial charge in [-0.25, -0.2) is 5.43 Å². The third-order valence-corrected chi connectivity index (χ3v) is 4.79. The standard InChI is InChI=1S/C16H21N3O/c1-11-4-2-3-5-14(11)15(19-18-10-20)12-6-16(7-12)8-13(17)9-16/h2-5,10,12-13H,6-9,17H2,1H3,(H,18,20)/b19-15-. The minimum absolute atomic E-state index is 0.392. The first-order chi connectivity index (χ1) is 9.63. The molecule has 2 aliphatic rings. The molecule has 0 bridgehead atoms. The van der Waals surface area contributed by atoms with Crippen LogP contribution in [-0.2, 0) is 4.79 Å². The molecule has 0 heterocycles. The van der Waals surface area contributed by atoms with E-state index in [-0.39, 0.29) is 0 Å². The maximum Gasteiger partial charge on any atom is 0.227 e. The van der Waals surface area contributed by atoms with Gasteiger partial charge in [0.25, 0.3) is 0 Å². The Balaban J connectivity index is 1.79. The molecule has 1 spiro atoms. The molecule has 4 nitrogen and oxygen atoms in total. The summed E-state index contributed by atoms with van der Waals surface area (Å²) in [6.07, 6.45) is 5.21. The number of carbonyl (C=O) groups is 1. The Morgan fingerprint density at radius 1 is 1.35 bits per heavy atom. The minimum Gasteiger partial charge on any atom is -0.328 e. The van der Waals surface area contributed by atoms with Crippen molar-refractivity contribution in [3.63, 3.8) is 0 Å². The van der Waals surface area contributed by atoms with E-state index < -0.39 is 0 Å². The summed E-state index contributed by atoms with van der Waals surface area (Å²) in [5, 5.41) is 4.31. The van der Waals surface area contributed by atoms with Crippen LogP contribution in [0.1, 0.15) is 36.8 Å². The fourth-order valence-corrected chi connectivity index (χ4v) is 3.89. The van der Waals surface area contributed by atoms with Gasteiger partial charge in [0.2, 0.25) is 6.41 Å². The van der Waals surface area contributed by atoms with E-state index in [1.165, 1.54) is 5.56 Å². The molecule has 1 aromatic rings. The smallest absolute Gasteiger partial charge is 0.227 e. The maximum absolute atomic E-state index is 10.6. The number of rotatable bonds is 4. The van der Waals surface area contributed by atoms with Gasteiger partial charge in [0, 0.05) is 17.5 Å². The molecule has 0 aliphatic heterocycles. The molecule has 1 aromatic carbocycles. The first-order valence-corrected chi connectivity index (χ1v) is 7.22. The number of hydrogen-bond donors (Lipinski definition) is 2. The number of aryl methyl sites for hydroxylation is 1. The van der Waals surface area contributed by atoms with Crippen LogP contribution >= 0.6 is 0 Å². The van der Waals surface area contributed by atoms with Crippen molar-refractivity contribution >= 4 is 12.1 Å². The number of nitrogens with zero attached hydrogens (tertiary/aromatic N) is 1. The highest BCUT2D eigenvalue weighted by Gasteiger charge is 2.53. The van der Waals surface area contributed by atoms with Crippen molar-refractivity contribution < 1.29 is 4.79 Å². The highest BCUT2D eigenvalue weighted by atomic mass is 16.1. The fourth-order valence-electron chi connectivity index (χ4n) is 3.89. The normalized spacial score (nSPS) is 32.4. The average molecular weight is 271 g/mol. The van der Waals surface area contributed by atoms with E-state index in [1.807, 2.05) is 12.1 Å². The van der Waals surface area contributed by atoms with Gasteiger partial charge in [-0.15, -0.1) is 0 Å². The van der Waals surface area contributed by atoms with Crippen molar-refractivity contribution in [3.8, 4) is 0 Å². The van der Waals surface area contributed by atoms with Gasteiger partial charge in [-0.3, -0.25) is 4.79 Å². The summed E-state index contributed by atoms with van der Waals surface area (Å²) in [7, 11) is 0. The Hall–Kier alpha value is -1.68. The van der Waals surface area contributed by atoms with E-state index in [2.05, 4.69) is 29.6 Å². The van der Waals surface area contributed by atoms with Crippen molar-refractivity contribution in [1.82, 2.24) is 5.43 Å². The quantitative estimate of drug-likeness (QED) is 0.499. The second-order valence-corrected chi connectivity index (χ2v) is 6.33. The zero-order valence-corrected chi connectivity index (χ0v) is 11.8. The van der Waals surface area contributed by atoms with E-state index in [4.69, 9.17) is 5.73 Å². The summed E-state index contributed by atoms with van der Waals surface area (Å²) < 4.78 is 0. The lowest BCUT2D eigenvalue weighted by Crippen LogP contribution is -2.55. The van der Waals surface area contributed by atoms with Gasteiger partial charge in [-0.1, -0.05) is 24.3 Å². The van der Waals surface area contributed by atoms with Crippen LogP contribution in [0.25, 0.3) is 0 Å². The number of nitrogens with two attached hydrogens (primary N) is 1. The van der Waals surface area contributed by atoms with Crippen LogP contribution in [0.5, 0.6) is 0 Å². The summed E-state index contributed by atoms with van der Waals surface area (Å²) in [4.78, 5) is 10.6. The molecule has 20 heavy (non-hydrogen) atoms. The third kappa shape index (κ3) is 2.24. The van der Waals surface area contributed by atoms with E-state index in [9.17, 15) is 4.79 Å². The van der Waals surface area contributed by atoms with Crippen LogP contribution in [0, 0.1) is 18.3 Å². The van der Waals surface area contributed by atoms with Crippen LogP contribution in [0.2, 0.25) is 0 Å². The second-order valence-electron chi connectivity index (χ2n) is 6.33. The molecule has 1 amide bonds. The van der Waals surface area contributed by atoms with Crippen molar-refractivity contribution in [2.24, 2.45) is 22.2 Å². The molecule has 3 N–H and O–H groups in total. The van der Waals surface area contributed by atoms with Gasteiger partial charge >= 0.3 is 0 Å². The fraction of sp³-hybridized carbons (Fsp3) is 0.500. The molecule has 4 heteroatoms. The summed E-state index contributed by atoms with van der Waals surface area (Å²) >= 11 is 0. The molecule has 0 aromatic heterocycles. The van der Waals surface area contributed by atoms with E-state index in [1.54, 1.807) is 0 Å². The number of benzene rings is 1. The summed E-state index contributed by atoms with van der Waals surface area (Å²) in [5.41, 5.74) is 12.2. The SMILES string of the molecule is Cc1ccccc1/C(=N\NC=O)C1CC2(CC(N)C2)C1. The topological polar surface area (TPSA) is 67.5 Å². The van der Waals surface area contributed by atoms with E-state index in [0.717, 1.165) is 37.0 Å². The van der Waals surface area contributed by atoms with Gasteiger partial charge < -0.3 is 5.73 Å². The first kappa shape index (κ1) is 13.3. The summed E-state index contributed by atoms with van der Waals surface area (Å²) in [6.45, 7) is 2.08. The van der Waals surface area contributed by atoms with Gasteiger partial charge in [0.1, 0.15) is 0 Å².